The maximum Gasteiger partial charge on any atom is 0.127 e. The molecule has 1 saturated heterocycles. The second-order valence-corrected chi connectivity index (χ2v) is 5.98. The molecule has 0 aromatic heterocycles. The first-order valence-corrected chi connectivity index (χ1v) is 8.81. The molecule has 3 aliphatic rings. The SMILES string of the molecule is CCCCC1COCCO1.CCCCCOc1cc2ccc1=2. The minimum atomic E-state index is 0.383. The molecular weight excluding hydrogens is 276 g/mol. The Hall–Kier alpha value is -1.06. The van der Waals surface area contributed by atoms with E-state index in [9.17, 15) is 0 Å². The summed E-state index contributed by atoms with van der Waals surface area (Å²) < 4.78 is 16.3. The van der Waals surface area contributed by atoms with Crippen molar-refractivity contribution >= 4 is 0 Å². The highest BCUT2D eigenvalue weighted by atomic mass is 16.6. The van der Waals surface area contributed by atoms with Crippen LogP contribution in [0.25, 0.3) is 0 Å². The van der Waals surface area contributed by atoms with Crippen LogP contribution in [-0.4, -0.2) is 32.5 Å². The van der Waals surface area contributed by atoms with Gasteiger partial charge < -0.3 is 14.2 Å². The van der Waals surface area contributed by atoms with Crippen LogP contribution in [0.5, 0.6) is 5.75 Å². The number of hydrogen-bond acceptors (Lipinski definition) is 3. The highest BCUT2D eigenvalue weighted by molar-refractivity contribution is 5.38. The molecule has 124 valence electrons. The Morgan fingerprint density at radius 1 is 1.09 bits per heavy atom. The van der Waals surface area contributed by atoms with Crippen LogP contribution >= 0.6 is 0 Å². The number of rotatable bonds is 8. The van der Waals surface area contributed by atoms with E-state index in [4.69, 9.17) is 14.2 Å². The second kappa shape index (κ2) is 9.86. The predicted molar refractivity (Wildman–Crippen MR) is 89.2 cm³/mol. The van der Waals surface area contributed by atoms with Crippen molar-refractivity contribution in [2.45, 2.75) is 58.5 Å². The molecule has 0 spiro atoms. The number of benzene rings is 1. The van der Waals surface area contributed by atoms with Crippen molar-refractivity contribution < 1.29 is 14.2 Å². The van der Waals surface area contributed by atoms with E-state index in [0.29, 0.717) is 6.10 Å². The molecule has 0 radical (unpaired) electrons. The topological polar surface area (TPSA) is 27.7 Å². The molecule has 2 aliphatic carbocycles. The maximum absolute atomic E-state index is 5.57. The van der Waals surface area contributed by atoms with Crippen LogP contribution in [0, 0.1) is 10.4 Å². The molecule has 0 N–H and O–H groups in total. The van der Waals surface area contributed by atoms with E-state index in [1.165, 1.54) is 42.5 Å². The summed E-state index contributed by atoms with van der Waals surface area (Å²) in [6, 6.07) is 6.35. The Kier molecular flexibility index (Phi) is 7.75. The molecular formula is C19H30O3. The highest BCUT2D eigenvalue weighted by Gasteiger charge is 2.12. The van der Waals surface area contributed by atoms with Crippen molar-refractivity contribution in [2.75, 3.05) is 26.4 Å². The lowest BCUT2D eigenvalue weighted by atomic mass is 10.1. The van der Waals surface area contributed by atoms with Gasteiger partial charge in [0, 0.05) is 5.22 Å². The van der Waals surface area contributed by atoms with Crippen LogP contribution < -0.4 is 4.74 Å². The highest BCUT2D eigenvalue weighted by Crippen LogP contribution is 2.23. The van der Waals surface area contributed by atoms with E-state index < -0.39 is 0 Å². The fraction of sp³-hybridized carbons (Fsp3) is 0.684. The third-order valence-electron chi connectivity index (χ3n) is 4.06. The van der Waals surface area contributed by atoms with Crippen LogP contribution in [-0.2, 0) is 9.47 Å². The van der Waals surface area contributed by atoms with Gasteiger partial charge in [-0.3, -0.25) is 0 Å². The fourth-order valence-electron chi connectivity index (χ4n) is 2.54. The molecule has 0 saturated carbocycles. The zero-order valence-electron chi connectivity index (χ0n) is 14.1. The minimum absolute atomic E-state index is 0.383. The van der Waals surface area contributed by atoms with Crippen LogP contribution in [0.15, 0.2) is 18.2 Å². The average Bonchev–Trinajstić information content (AvgIpc) is 2.55. The lowest BCUT2D eigenvalue weighted by molar-refractivity contribution is -0.0911. The summed E-state index contributed by atoms with van der Waals surface area (Å²) in [6.07, 6.45) is 7.77. The summed E-state index contributed by atoms with van der Waals surface area (Å²) in [5, 5.41) is 2.69. The second-order valence-electron chi connectivity index (χ2n) is 5.98. The maximum atomic E-state index is 5.57. The molecule has 22 heavy (non-hydrogen) atoms. The van der Waals surface area contributed by atoms with E-state index in [1.54, 1.807) is 0 Å². The first-order valence-electron chi connectivity index (χ1n) is 8.81. The van der Waals surface area contributed by atoms with Gasteiger partial charge in [-0.1, -0.05) is 51.7 Å². The Labute approximate surface area is 134 Å². The van der Waals surface area contributed by atoms with Gasteiger partial charge in [0.25, 0.3) is 0 Å². The van der Waals surface area contributed by atoms with Crippen LogP contribution in [0.1, 0.15) is 52.4 Å². The Morgan fingerprint density at radius 2 is 1.95 bits per heavy atom. The molecule has 0 amide bonds. The van der Waals surface area contributed by atoms with Crippen LogP contribution in [0.3, 0.4) is 0 Å². The first kappa shape index (κ1) is 17.3. The van der Waals surface area contributed by atoms with Crippen LogP contribution in [0.2, 0.25) is 0 Å². The Morgan fingerprint density at radius 3 is 2.50 bits per heavy atom. The summed E-state index contributed by atoms with van der Waals surface area (Å²) in [7, 11) is 0. The van der Waals surface area contributed by atoms with Crippen molar-refractivity contribution in [3.05, 3.63) is 28.6 Å². The van der Waals surface area contributed by atoms with Gasteiger partial charge in [0.05, 0.1) is 32.5 Å². The van der Waals surface area contributed by atoms with Gasteiger partial charge in [-0.15, -0.1) is 0 Å². The summed E-state index contributed by atoms with van der Waals surface area (Å²) in [5.74, 6) is 1.10. The average molecular weight is 306 g/mol. The van der Waals surface area contributed by atoms with Crippen molar-refractivity contribution in [3.63, 3.8) is 0 Å². The van der Waals surface area contributed by atoms with Crippen molar-refractivity contribution in [2.24, 2.45) is 0 Å². The zero-order valence-corrected chi connectivity index (χ0v) is 14.1. The summed E-state index contributed by atoms with van der Waals surface area (Å²) in [5.41, 5.74) is 0. The number of unbranched alkanes of at least 4 members (excludes halogenated alkanes) is 3. The largest absolute Gasteiger partial charge is 0.493 e. The summed E-state index contributed by atoms with van der Waals surface area (Å²) in [6.45, 7) is 7.66. The molecule has 0 bridgehead atoms. The minimum Gasteiger partial charge on any atom is -0.493 e. The van der Waals surface area contributed by atoms with Gasteiger partial charge in [-0.05, 0) is 24.1 Å². The molecule has 1 aliphatic heterocycles. The van der Waals surface area contributed by atoms with E-state index in [1.807, 2.05) is 0 Å². The van der Waals surface area contributed by atoms with Crippen molar-refractivity contribution in [1.29, 1.82) is 0 Å². The molecule has 3 rings (SSSR count). The fourth-order valence-corrected chi connectivity index (χ4v) is 2.54. The molecule has 3 nitrogen and oxygen atoms in total. The summed E-state index contributed by atoms with van der Waals surface area (Å²) in [4.78, 5) is 0. The first-order chi connectivity index (χ1) is 10.8. The van der Waals surface area contributed by atoms with E-state index in [2.05, 4.69) is 32.0 Å². The lowest BCUT2D eigenvalue weighted by Gasteiger charge is -2.22. The third kappa shape index (κ3) is 5.29. The van der Waals surface area contributed by atoms with E-state index >= 15 is 0 Å². The number of hydrogen-bond donors (Lipinski definition) is 0. The molecule has 0 aromatic rings. The van der Waals surface area contributed by atoms with Gasteiger partial charge in [0.15, 0.2) is 0 Å². The molecule has 1 unspecified atom stereocenters. The standard InChI is InChI=1S/C11H14O.C8H16O2/c1-2-3-4-7-12-11-8-9-5-6-10(9)11;1-2-3-4-8-7-9-5-6-10-8/h5-6,8H,2-4,7H2,1H3;8H,2-7H2,1H3. The van der Waals surface area contributed by atoms with Gasteiger partial charge in [0.1, 0.15) is 5.75 Å². The summed E-state index contributed by atoms with van der Waals surface area (Å²) >= 11 is 0. The smallest absolute Gasteiger partial charge is 0.127 e. The van der Waals surface area contributed by atoms with Gasteiger partial charge in [-0.2, -0.15) is 0 Å². The van der Waals surface area contributed by atoms with Gasteiger partial charge >= 0.3 is 0 Å². The van der Waals surface area contributed by atoms with Crippen LogP contribution in [0.4, 0.5) is 0 Å². The van der Waals surface area contributed by atoms with Crippen molar-refractivity contribution in [1.82, 2.24) is 0 Å². The van der Waals surface area contributed by atoms with Gasteiger partial charge in [-0.25, -0.2) is 0 Å². The monoisotopic (exact) mass is 306 g/mol. The molecule has 1 heterocycles. The Bertz CT molecular complexity index is 506. The molecule has 1 atom stereocenters. The lowest BCUT2D eigenvalue weighted by Crippen LogP contribution is -2.28. The zero-order chi connectivity index (χ0) is 15.6. The van der Waals surface area contributed by atoms with E-state index in [0.717, 1.165) is 38.6 Å². The predicted octanol–water partition coefficient (Wildman–Crippen LogP) is 4.45. The molecule has 1 fully saturated rings. The Balaban J connectivity index is 0.000000164. The number of ether oxygens (including phenoxy) is 3. The third-order valence-corrected chi connectivity index (χ3v) is 4.06. The van der Waals surface area contributed by atoms with Crippen molar-refractivity contribution in [3.8, 4) is 5.75 Å². The van der Waals surface area contributed by atoms with E-state index in [-0.39, 0.29) is 0 Å². The quantitative estimate of drug-likeness (QED) is 0.674. The normalized spacial score (nSPS) is 18.4. The molecule has 0 aromatic carbocycles. The molecule has 3 heteroatoms. The van der Waals surface area contributed by atoms with Gasteiger partial charge in [0.2, 0.25) is 0 Å².